The van der Waals surface area contributed by atoms with Gasteiger partial charge in [-0.2, -0.15) is 5.10 Å². The van der Waals surface area contributed by atoms with Crippen LogP contribution in [0.5, 0.6) is 0 Å². The lowest BCUT2D eigenvalue weighted by atomic mass is 10.0. The smallest absolute Gasteiger partial charge is 0.267 e. The van der Waals surface area contributed by atoms with Gasteiger partial charge in [0.2, 0.25) is 0 Å². The highest BCUT2D eigenvalue weighted by molar-refractivity contribution is 6.30. The summed E-state index contributed by atoms with van der Waals surface area (Å²) in [5, 5.41) is 4.85. The lowest BCUT2D eigenvalue weighted by molar-refractivity contribution is 0.0955. The minimum atomic E-state index is -0.374. The van der Waals surface area contributed by atoms with Crippen molar-refractivity contribution in [2.45, 2.75) is 6.92 Å². The molecular formula is C26H19ClFN3O. The molecule has 0 unspecified atom stereocenters. The van der Waals surface area contributed by atoms with E-state index in [0.717, 1.165) is 11.1 Å². The fraction of sp³-hybridized carbons (Fsp3) is 0.0385. The molecule has 6 heteroatoms. The maximum absolute atomic E-state index is 13.4. The molecule has 0 fully saturated rings. The van der Waals surface area contributed by atoms with E-state index in [9.17, 15) is 9.18 Å². The molecule has 1 amide bonds. The molecule has 4 rings (SSSR count). The monoisotopic (exact) mass is 443 g/mol. The van der Waals surface area contributed by atoms with Crippen LogP contribution in [0, 0.1) is 5.82 Å². The van der Waals surface area contributed by atoms with E-state index in [4.69, 9.17) is 11.6 Å². The quantitative estimate of drug-likeness (QED) is 0.288. The maximum atomic E-state index is 13.4. The van der Waals surface area contributed by atoms with Crippen molar-refractivity contribution in [1.29, 1.82) is 0 Å². The molecule has 0 aliphatic rings. The van der Waals surface area contributed by atoms with Gasteiger partial charge in [0.15, 0.2) is 0 Å². The van der Waals surface area contributed by atoms with Gasteiger partial charge in [0.05, 0.1) is 17.1 Å². The summed E-state index contributed by atoms with van der Waals surface area (Å²) in [5.41, 5.74) is 7.27. The van der Waals surface area contributed by atoms with Gasteiger partial charge in [0, 0.05) is 21.7 Å². The number of nitrogens with zero attached hydrogens (tertiary/aromatic N) is 2. The van der Waals surface area contributed by atoms with E-state index in [0.29, 0.717) is 33.2 Å². The van der Waals surface area contributed by atoms with Crippen LogP contribution in [-0.4, -0.2) is 16.6 Å². The highest BCUT2D eigenvalue weighted by atomic mass is 35.5. The third kappa shape index (κ3) is 5.07. The van der Waals surface area contributed by atoms with E-state index in [1.165, 1.54) is 12.1 Å². The van der Waals surface area contributed by atoms with Gasteiger partial charge in [-0.25, -0.2) is 14.8 Å². The fourth-order valence-corrected chi connectivity index (χ4v) is 3.27. The summed E-state index contributed by atoms with van der Waals surface area (Å²) in [5.74, 6) is -0.709. The molecule has 4 aromatic rings. The first-order valence-electron chi connectivity index (χ1n) is 9.93. The zero-order valence-corrected chi connectivity index (χ0v) is 18.0. The molecule has 1 N–H and O–H groups in total. The summed E-state index contributed by atoms with van der Waals surface area (Å²) in [7, 11) is 0. The number of carbonyl (C=O) groups excluding carboxylic acids is 1. The number of hydrogen-bond acceptors (Lipinski definition) is 3. The average molecular weight is 444 g/mol. The Morgan fingerprint density at radius 1 is 0.844 bits per heavy atom. The summed E-state index contributed by atoms with van der Waals surface area (Å²) in [4.78, 5) is 17.6. The van der Waals surface area contributed by atoms with E-state index < -0.39 is 0 Å². The van der Waals surface area contributed by atoms with E-state index >= 15 is 0 Å². The minimum Gasteiger partial charge on any atom is -0.267 e. The number of carbonyl (C=O) groups is 1. The van der Waals surface area contributed by atoms with Crippen molar-refractivity contribution in [2.75, 3.05) is 0 Å². The highest BCUT2D eigenvalue weighted by Gasteiger charge is 2.13. The summed E-state index contributed by atoms with van der Waals surface area (Å²) in [6.07, 6.45) is 0. The van der Waals surface area contributed by atoms with Gasteiger partial charge in [-0.15, -0.1) is 0 Å². The number of hydrogen-bond donors (Lipinski definition) is 1. The number of nitrogens with one attached hydrogen (secondary N) is 1. The van der Waals surface area contributed by atoms with Crippen molar-refractivity contribution in [1.82, 2.24) is 10.4 Å². The number of halogens is 2. The topological polar surface area (TPSA) is 54.4 Å². The lowest BCUT2D eigenvalue weighted by Gasteiger charge is -2.10. The van der Waals surface area contributed by atoms with Crippen LogP contribution >= 0.6 is 11.6 Å². The van der Waals surface area contributed by atoms with E-state index in [-0.39, 0.29) is 11.7 Å². The van der Waals surface area contributed by atoms with Crippen molar-refractivity contribution >= 4 is 23.2 Å². The molecule has 0 aliphatic carbocycles. The third-order valence-corrected chi connectivity index (χ3v) is 5.14. The third-order valence-electron chi connectivity index (χ3n) is 4.88. The zero-order valence-electron chi connectivity index (χ0n) is 17.2. The second-order valence-electron chi connectivity index (χ2n) is 7.14. The van der Waals surface area contributed by atoms with Crippen molar-refractivity contribution < 1.29 is 9.18 Å². The Hall–Kier alpha value is -3.83. The van der Waals surface area contributed by atoms with Crippen molar-refractivity contribution in [2.24, 2.45) is 5.10 Å². The number of benzene rings is 3. The Kier molecular flexibility index (Phi) is 6.38. The molecule has 3 aromatic carbocycles. The van der Waals surface area contributed by atoms with Crippen LogP contribution in [-0.2, 0) is 0 Å². The zero-order chi connectivity index (χ0) is 22.5. The summed E-state index contributed by atoms with van der Waals surface area (Å²) < 4.78 is 13.4. The van der Waals surface area contributed by atoms with E-state index in [1.807, 2.05) is 42.5 Å². The lowest BCUT2D eigenvalue weighted by Crippen LogP contribution is -2.19. The number of aromatic nitrogens is 1. The number of pyridine rings is 1. The fourth-order valence-electron chi connectivity index (χ4n) is 3.14. The maximum Gasteiger partial charge on any atom is 0.271 e. The molecule has 0 spiro atoms. The summed E-state index contributed by atoms with van der Waals surface area (Å²) >= 11 is 5.93. The van der Waals surface area contributed by atoms with Crippen LogP contribution in [0.4, 0.5) is 4.39 Å². The Labute approximate surface area is 190 Å². The molecule has 1 aromatic heterocycles. The predicted octanol–water partition coefficient (Wildman–Crippen LogP) is 6.36. The molecular weight excluding hydrogens is 425 g/mol. The van der Waals surface area contributed by atoms with Crippen molar-refractivity contribution in [3.05, 3.63) is 113 Å². The standard InChI is InChI=1S/C26H19ClFN3O/c1-17(18-7-11-22(27)12-8-18)30-31-26(32)21-15-24(19-5-3-2-4-6-19)29-25(16-21)20-9-13-23(28)14-10-20/h2-16H,1H3,(H,31,32)/b30-17+. The number of amides is 1. The Morgan fingerprint density at radius 2 is 1.44 bits per heavy atom. The summed E-state index contributed by atoms with van der Waals surface area (Å²) in [6.45, 7) is 1.80. The Balaban J connectivity index is 1.68. The minimum absolute atomic E-state index is 0.335. The SMILES string of the molecule is C/C(=N\NC(=O)c1cc(-c2ccccc2)nc(-c2ccc(F)cc2)c1)c1ccc(Cl)cc1. The van der Waals surface area contributed by atoms with Gasteiger partial charge >= 0.3 is 0 Å². The van der Waals surface area contributed by atoms with Crippen LogP contribution in [0.2, 0.25) is 5.02 Å². The molecule has 0 atom stereocenters. The first-order chi connectivity index (χ1) is 15.5. The van der Waals surface area contributed by atoms with Gasteiger partial charge in [-0.3, -0.25) is 4.79 Å². The van der Waals surface area contributed by atoms with Crippen molar-refractivity contribution in [3.8, 4) is 22.5 Å². The molecule has 0 aliphatic heterocycles. The van der Waals surface area contributed by atoms with E-state index in [2.05, 4.69) is 15.5 Å². The normalized spacial score (nSPS) is 11.3. The van der Waals surface area contributed by atoms with Crippen LogP contribution in [0.1, 0.15) is 22.8 Å². The number of hydrazone groups is 1. The summed E-state index contributed by atoms with van der Waals surface area (Å²) in [6, 6.07) is 26.1. The molecule has 1 heterocycles. The molecule has 4 nitrogen and oxygen atoms in total. The molecule has 0 radical (unpaired) electrons. The van der Waals surface area contributed by atoms with Crippen LogP contribution in [0.3, 0.4) is 0 Å². The van der Waals surface area contributed by atoms with Crippen LogP contribution in [0.25, 0.3) is 22.5 Å². The first-order valence-corrected chi connectivity index (χ1v) is 10.3. The van der Waals surface area contributed by atoms with E-state index in [1.54, 1.807) is 43.3 Å². The molecule has 158 valence electrons. The largest absolute Gasteiger partial charge is 0.271 e. The second-order valence-corrected chi connectivity index (χ2v) is 7.58. The second kappa shape index (κ2) is 9.54. The number of rotatable bonds is 5. The first kappa shape index (κ1) is 21.4. The predicted molar refractivity (Wildman–Crippen MR) is 126 cm³/mol. The molecule has 0 saturated carbocycles. The molecule has 0 bridgehead atoms. The Morgan fingerprint density at radius 3 is 2.06 bits per heavy atom. The molecule has 0 saturated heterocycles. The average Bonchev–Trinajstić information content (AvgIpc) is 2.83. The van der Waals surface area contributed by atoms with Gasteiger partial charge in [-0.1, -0.05) is 54.1 Å². The van der Waals surface area contributed by atoms with Gasteiger partial charge in [0.25, 0.3) is 5.91 Å². The van der Waals surface area contributed by atoms with Gasteiger partial charge in [0.1, 0.15) is 5.82 Å². The van der Waals surface area contributed by atoms with Crippen molar-refractivity contribution in [3.63, 3.8) is 0 Å². The van der Waals surface area contributed by atoms with Crippen LogP contribution < -0.4 is 5.43 Å². The highest BCUT2D eigenvalue weighted by Crippen LogP contribution is 2.25. The van der Waals surface area contributed by atoms with Crippen LogP contribution in [0.15, 0.2) is 96.1 Å². The molecule has 32 heavy (non-hydrogen) atoms. The Bertz CT molecular complexity index is 1270. The van der Waals surface area contributed by atoms with Gasteiger partial charge in [-0.05, 0) is 61.0 Å². The van der Waals surface area contributed by atoms with Gasteiger partial charge < -0.3 is 0 Å².